The molecule has 2 aromatic rings. The van der Waals surface area contributed by atoms with Crippen molar-refractivity contribution in [1.82, 2.24) is 24.8 Å². The lowest BCUT2D eigenvalue weighted by Gasteiger charge is -2.24. The number of carbonyl (C=O) groups is 1. The maximum Gasteiger partial charge on any atom is 0.321 e. The van der Waals surface area contributed by atoms with Gasteiger partial charge in [0.05, 0.1) is 6.54 Å². The van der Waals surface area contributed by atoms with E-state index in [0.29, 0.717) is 19.1 Å². The van der Waals surface area contributed by atoms with Crippen LogP contribution in [0.5, 0.6) is 0 Å². The van der Waals surface area contributed by atoms with E-state index >= 15 is 0 Å². The van der Waals surface area contributed by atoms with Gasteiger partial charge in [-0.2, -0.15) is 0 Å². The molecule has 7 heteroatoms. The fourth-order valence-electron chi connectivity index (χ4n) is 2.88. The highest BCUT2D eigenvalue weighted by Gasteiger charge is 2.29. The number of amides is 2. The Morgan fingerprint density at radius 1 is 1.33 bits per heavy atom. The summed E-state index contributed by atoms with van der Waals surface area (Å²) < 4.78 is 0. The van der Waals surface area contributed by atoms with Gasteiger partial charge in [-0.1, -0.05) is 0 Å². The van der Waals surface area contributed by atoms with E-state index in [4.69, 9.17) is 0 Å². The Balaban J connectivity index is 1.53. The van der Waals surface area contributed by atoms with Crippen LogP contribution >= 0.6 is 0 Å². The zero-order chi connectivity index (χ0) is 16.9. The number of rotatable bonds is 4. The van der Waals surface area contributed by atoms with E-state index in [9.17, 15) is 4.79 Å². The maximum absolute atomic E-state index is 12.4. The van der Waals surface area contributed by atoms with Crippen LogP contribution in [0.15, 0.2) is 36.8 Å². The van der Waals surface area contributed by atoms with Crippen molar-refractivity contribution in [3.8, 4) is 0 Å². The minimum Gasteiger partial charge on any atom is -0.323 e. The number of pyridine rings is 1. The lowest BCUT2D eigenvalue weighted by atomic mass is 10.2. The first-order chi connectivity index (χ1) is 11.6. The summed E-state index contributed by atoms with van der Waals surface area (Å²) in [6.07, 6.45) is 6.15. The molecule has 0 unspecified atom stereocenters. The van der Waals surface area contributed by atoms with E-state index < -0.39 is 0 Å². The highest BCUT2D eigenvalue weighted by Crippen LogP contribution is 2.17. The molecule has 1 aliphatic heterocycles. The molecule has 3 heterocycles. The zero-order valence-corrected chi connectivity index (χ0v) is 14.0. The number of likely N-dealkylation sites (N-methyl/N-ethyl adjacent to an activating group) is 1. The summed E-state index contributed by atoms with van der Waals surface area (Å²) in [6, 6.07) is 5.74. The molecule has 0 aromatic carbocycles. The first-order valence-corrected chi connectivity index (χ1v) is 8.06. The number of nitrogens with one attached hydrogen (secondary N) is 1. The second kappa shape index (κ2) is 7.35. The number of urea groups is 1. The Hall–Kier alpha value is -2.54. The minimum atomic E-state index is -0.0625. The van der Waals surface area contributed by atoms with E-state index in [0.717, 1.165) is 30.2 Å². The first kappa shape index (κ1) is 16.3. The number of anilines is 1. The molecular weight excluding hydrogens is 304 g/mol. The molecule has 0 radical (unpaired) electrons. The highest BCUT2D eigenvalue weighted by molar-refractivity contribution is 5.89. The monoisotopic (exact) mass is 326 g/mol. The smallest absolute Gasteiger partial charge is 0.321 e. The van der Waals surface area contributed by atoms with E-state index in [1.165, 1.54) is 0 Å². The molecule has 0 aliphatic carbocycles. The largest absolute Gasteiger partial charge is 0.323 e. The fraction of sp³-hybridized carbons (Fsp3) is 0.412. The third kappa shape index (κ3) is 4.05. The van der Waals surface area contributed by atoms with Gasteiger partial charge in [0.15, 0.2) is 0 Å². The normalized spacial score (nSPS) is 17.3. The Kier molecular flexibility index (Phi) is 5.00. The molecule has 24 heavy (non-hydrogen) atoms. The molecule has 0 spiro atoms. The van der Waals surface area contributed by atoms with Crippen molar-refractivity contribution in [3.05, 3.63) is 48.3 Å². The van der Waals surface area contributed by atoms with Crippen LogP contribution in [0.1, 0.15) is 17.9 Å². The Labute approximate surface area is 141 Å². The van der Waals surface area contributed by atoms with Crippen molar-refractivity contribution in [2.45, 2.75) is 25.9 Å². The summed E-state index contributed by atoms with van der Waals surface area (Å²) in [4.78, 5) is 29.1. The maximum atomic E-state index is 12.4. The van der Waals surface area contributed by atoms with Gasteiger partial charge in [-0.3, -0.25) is 9.88 Å². The summed E-state index contributed by atoms with van der Waals surface area (Å²) >= 11 is 0. The lowest BCUT2D eigenvalue weighted by Crippen LogP contribution is -2.38. The second-order valence-corrected chi connectivity index (χ2v) is 6.08. The van der Waals surface area contributed by atoms with E-state index in [-0.39, 0.29) is 6.03 Å². The molecule has 1 fully saturated rings. The summed E-state index contributed by atoms with van der Waals surface area (Å²) in [6.45, 7) is 4.05. The number of hydrogen-bond acceptors (Lipinski definition) is 5. The average Bonchev–Trinajstić information content (AvgIpc) is 3.06. The summed E-state index contributed by atoms with van der Waals surface area (Å²) in [5.41, 5.74) is 1.66. The molecule has 126 valence electrons. The molecule has 1 aliphatic rings. The van der Waals surface area contributed by atoms with Crippen molar-refractivity contribution in [2.75, 3.05) is 25.5 Å². The summed E-state index contributed by atoms with van der Waals surface area (Å²) in [7, 11) is 2.05. The summed E-state index contributed by atoms with van der Waals surface area (Å²) in [5.74, 6) is 0.801. The van der Waals surface area contributed by atoms with Gasteiger partial charge in [0.2, 0.25) is 0 Å². The predicted octanol–water partition coefficient (Wildman–Crippen LogP) is 1.92. The van der Waals surface area contributed by atoms with Crippen molar-refractivity contribution in [1.29, 1.82) is 0 Å². The van der Waals surface area contributed by atoms with Gasteiger partial charge in [-0.05, 0) is 38.6 Å². The Morgan fingerprint density at radius 3 is 2.88 bits per heavy atom. The molecule has 0 bridgehead atoms. The van der Waals surface area contributed by atoms with Crippen LogP contribution in [0, 0.1) is 6.92 Å². The molecule has 7 nitrogen and oxygen atoms in total. The van der Waals surface area contributed by atoms with Gasteiger partial charge in [0.1, 0.15) is 5.82 Å². The second-order valence-electron chi connectivity index (χ2n) is 6.08. The third-order valence-corrected chi connectivity index (χ3v) is 4.23. The average molecular weight is 326 g/mol. The Morgan fingerprint density at radius 2 is 2.12 bits per heavy atom. The minimum absolute atomic E-state index is 0.0625. The molecule has 1 saturated heterocycles. The van der Waals surface area contributed by atoms with Gasteiger partial charge in [-0.15, -0.1) is 0 Å². The highest BCUT2D eigenvalue weighted by atomic mass is 16.2. The summed E-state index contributed by atoms with van der Waals surface area (Å²) in [5, 5.41) is 2.94. The topological polar surface area (TPSA) is 74.2 Å². The van der Waals surface area contributed by atoms with E-state index in [2.05, 4.69) is 32.2 Å². The number of likely N-dealkylation sites (tertiary alicyclic amines) is 1. The van der Waals surface area contributed by atoms with Gasteiger partial charge < -0.3 is 10.2 Å². The molecule has 3 rings (SSSR count). The molecular formula is C17H22N6O. The van der Waals surface area contributed by atoms with Crippen molar-refractivity contribution < 1.29 is 4.79 Å². The number of hydrogen-bond donors (Lipinski definition) is 1. The van der Waals surface area contributed by atoms with Gasteiger partial charge in [0, 0.05) is 49.1 Å². The number of carbonyl (C=O) groups excluding carboxylic acids is 1. The van der Waals surface area contributed by atoms with Crippen LogP contribution < -0.4 is 5.32 Å². The first-order valence-electron chi connectivity index (χ1n) is 8.06. The van der Waals surface area contributed by atoms with Crippen LogP contribution in [0.25, 0.3) is 0 Å². The van der Waals surface area contributed by atoms with Crippen LogP contribution in [0.3, 0.4) is 0 Å². The van der Waals surface area contributed by atoms with Gasteiger partial charge >= 0.3 is 6.03 Å². The standard InChI is InChI=1S/C17H22N6O/c1-13-10-14(4-8-18-13)21-17(24)23-9-5-15(11-23)22(2)12-16-19-6-3-7-20-16/h3-4,6-8,10,15H,5,9,11-12H2,1-2H3,(H,18,21,24)/t15-/m0/s1. The van der Waals surface area contributed by atoms with Gasteiger partial charge in [-0.25, -0.2) is 14.8 Å². The van der Waals surface area contributed by atoms with E-state index in [1.54, 1.807) is 24.7 Å². The van der Waals surface area contributed by atoms with Gasteiger partial charge in [0.25, 0.3) is 0 Å². The number of aromatic nitrogens is 3. The van der Waals surface area contributed by atoms with Crippen molar-refractivity contribution in [2.24, 2.45) is 0 Å². The lowest BCUT2D eigenvalue weighted by molar-refractivity contribution is 0.206. The zero-order valence-electron chi connectivity index (χ0n) is 14.0. The molecule has 1 N–H and O–H groups in total. The number of aryl methyl sites for hydroxylation is 1. The fourth-order valence-corrected chi connectivity index (χ4v) is 2.88. The van der Waals surface area contributed by atoms with Crippen molar-refractivity contribution >= 4 is 11.7 Å². The molecule has 1 atom stereocenters. The Bertz CT molecular complexity index is 692. The van der Waals surface area contributed by atoms with Crippen LogP contribution in [-0.4, -0.2) is 57.0 Å². The van der Waals surface area contributed by atoms with Crippen LogP contribution in [0.2, 0.25) is 0 Å². The predicted molar refractivity (Wildman–Crippen MR) is 91.5 cm³/mol. The molecule has 2 aromatic heterocycles. The van der Waals surface area contributed by atoms with Crippen LogP contribution in [-0.2, 0) is 6.54 Å². The SMILES string of the molecule is Cc1cc(NC(=O)N2CC[C@H](N(C)Cc3ncccn3)C2)ccn1. The molecule has 0 saturated carbocycles. The molecule has 2 amide bonds. The quantitative estimate of drug-likeness (QED) is 0.929. The third-order valence-electron chi connectivity index (χ3n) is 4.23. The van der Waals surface area contributed by atoms with Crippen LogP contribution in [0.4, 0.5) is 10.5 Å². The van der Waals surface area contributed by atoms with E-state index in [1.807, 2.05) is 24.0 Å². The number of nitrogens with zero attached hydrogens (tertiary/aromatic N) is 5. The van der Waals surface area contributed by atoms with Crippen molar-refractivity contribution in [3.63, 3.8) is 0 Å².